The van der Waals surface area contributed by atoms with Crippen molar-refractivity contribution >= 4 is 23.1 Å². The van der Waals surface area contributed by atoms with Crippen LogP contribution in [0.1, 0.15) is 11.1 Å². The molecule has 0 atom stereocenters. The van der Waals surface area contributed by atoms with Crippen LogP contribution in [0.3, 0.4) is 0 Å². The van der Waals surface area contributed by atoms with Crippen LogP contribution < -0.4 is 0 Å². The van der Waals surface area contributed by atoms with Crippen LogP contribution in [0.2, 0.25) is 0 Å². The summed E-state index contributed by atoms with van der Waals surface area (Å²) in [7, 11) is 0. The van der Waals surface area contributed by atoms with E-state index in [1.165, 1.54) is 6.21 Å². The van der Waals surface area contributed by atoms with Crippen LogP contribution in [-0.2, 0) is 11.2 Å². The maximum absolute atomic E-state index is 10.6. The third kappa shape index (κ3) is 1.74. The third-order valence-electron chi connectivity index (χ3n) is 2.30. The Bertz CT molecular complexity index is 528. The van der Waals surface area contributed by atoms with Gasteiger partial charge in [0.1, 0.15) is 0 Å². The van der Waals surface area contributed by atoms with E-state index in [1.807, 2.05) is 18.2 Å². The fourth-order valence-corrected chi connectivity index (χ4v) is 1.59. The van der Waals surface area contributed by atoms with Gasteiger partial charge >= 0.3 is 5.97 Å². The molecule has 0 aliphatic rings. The fourth-order valence-electron chi connectivity index (χ4n) is 1.59. The molecule has 0 radical (unpaired) electrons. The number of hydrogen-bond acceptors (Lipinski definition) is 2. The first-order valence-electron chi connectivity index (χ1n) is 4.53. The van der Waals surface area contributed by atoms with Crippen molar-refractivity contribution in [2.75, 3.05) is 0 Å². The first-order chi connectivity index (χ1) is 7.20. The van der Waals surface area contributed by atoms with Gasteiger partial charge in [0.2, 0.25) is 0 Å². The lowest BCUT2D eigenvalue weighted by Gasteiger charge is -1.96. The Hall–Kier alpha value is -2.10. The molecule has 0 spiro atoms. The molecule has 0 amide bonds. The predicted octanol–water partition coefficient (Wildman–Crippen LogP) is 1.79. The Kier molecular flexibility index (Phi) is 2.25. The second-order valence-electron chi connectivity index (χ2n) is 3.33. The predicted molar refractivity (Wildman–Crippen MR) is 57.5 cm³/mol. The van der Waals surface area contributed by atoms with Crippen LogP contribution in [0.4, 0.5) is 0 Å². The van der Waals surface area contributed by atoms with Gasteiger partial charge in [0.05, 0.1) is 6.42 Å². The van der Waals surface area contributed by atoms with Gasteiger partial charge in [-0.25, -0.2) is 0 Å². The Morgan fingerprint density at radius 1 is 1.53 bits per heavy atom. The minimum atomic E-state index is -0.851. The zero-order chi connectivity index (χ0) is 10.8. The van der Waals surface area contributed by atoms with Gasteiger partial charge in [-0.05, 0) is 23.3 Å². The molecule has 3 N–H and O–H groups in total. The number of fused-ring (bicyclic) bond motifs is 1. The van der Waals surface area contributed by atoms with Gasteiger partial charge in [0.15, 0.2) is 0 Å². The lowest BCUT2D eigenvalue weighted by molar-refractivity contribution is -0.136. The SMILES string of the molecule is N=Cc1ccc2[nH]cc(CC(=O)O)c2c1. The van der Waals surface area contributed by atoms with Crippen LogP contribution in [0.5, 0.6) is 0 Å². The van der Waals surface area contributed by atoms with E-state index in [0.717, 1.165) is 22.0 Å². The molecule has 76 valence electrons. The number of nitrogens with one attached hydrogen (secondary N) is 2. The molecule has 15 heavy (non-hydrogen) atoms. The summed E-state index contributed by atoms with van der Waals surface area (Å²) in [6.45, 7) is 0. The lowest BCUT2D eigenvalue weighted by atomic mass is 10.1. The van der Waals surface area contributed by atoms with Crippen LogP contribution in [-0.4, -0.2) is 22.3 Å². The molecule has 2 rings (SSSR count). The van der Waals surface area contributed by atoms with Crippen molar-refractivity contribution in [3.8, 4) is 0 Å². The van der Waals surface area contributed by atoms with Crippen molar-refractivity contribution in [1.29, 1.82) is 5.41 Å². The van der Waals surface area contributed by atoms with Gasteiger partial charge in [0.25, 0.3) is 0 Å². The maximum Gasteiger partial charge on any atom is 0.307 e. The summed E-state index contributed by atoms with van der Waals surface area (Å²) >= 11 is 0. The number of aromatic nitrogens is 1. The number of carboxylic acids is 1. The molecule has 0 saturated carbocycles. The number of carbonyl (C=O) groups is 1. The molecule has 0 bridgehead atoms. The monoisotopic (exact) mass is 202 g/mol. The molecule has 0 saturated heterocycles. The molecule has 1 aromatic heterocycles. The standard InChI is InChI=1S/C11H10N2O2/c12-5-7-1-2-10-9(3-7)8(6-13-10)4-11(14)15/h1-3,5-6,12-13H,4H2,(H,14,15). The lowest BCUT2D eigenvalue weighted by Crippen LogP contribution is -1.98. The van der Waals surface area contributed by atoms with Gasteiger partial charge in [-0.15, -0.1) is 0 Å². The normalized spacial score (nSPS) is 10.4. The number of aliphatic carboxylic acids is 1. The molecule has 4 nitrogen and oxygen atoms in total. The van der Waals surface area contributed by atoms with E-state index < -0.39 is 5.97 Å². The topological polar surface area (TPSA) is 76.9 Å². The Morgan fingerprint density at radius 2 is 2.33 bits per heavy atom. The van der Waals surface area contributed by atoms with E-state index in [1.54, 1.807) is 6.20 Å². The number of hydrogen-bond donors (Lipinski definition) is 3. The van der Waals surface area contributed by atoms with E-state index in [-0.39, 0.29) is 6.42 Å². The van der Waals surface area contributed by atoms with Crippen molar-refractivity contribution in [3.05, 3.63) is 35.5 Å². The first-order valence-corrected chi connectivity index (χ1v) is 4.53. The molecule has 0 aliphatic carbocycles. The number of rotatable bonds is 3. The van der Waals surface area contributed by atoms with Crippen LogP contribution in [0, 0.1) is 5.41 Å². The summed E-state index contributed by atoms with van der Waals surface area (Å²) in [6, 6.07) is 5.48. The molecular weight excluding hydrogens is 192 g/mol. The first kappa shape index (κ1) is 9.45. The highest BCUT2D eigenvalue weighted by Crippen LogP contribution is 2.19. The number of aromatic amines is 1. The van der Waals surface area contributed by atoms with Crippen LogP contribution >= 0.6 is 0 Å². The summed E-state index contributed by atoms with van der Waals surface area (Å²) in [5, 5.41) is 16.7. The van der Waals surface area contributed by atoms with Crippen LogP contribution in [0.15, 0.2) is 24.4 Å². The summed E-state index contributed by atoms with van der Waals surface area (Å²) in [4.78, 5) is 13.6. The molecule has 0 fully saturated rings. The average Bonchev–Trinajstić information content (AvgIpc) is 2.60. The van der Waals surface area contributed by atoms with E-state index >= 15 is 0 Å². The molecular formula is C11H10N2O2. The third-order valence-corrected chi connectivity index (χ3v) is 2.30. The van der Waals surface area contributed by atoms with Crippen molar-refractivity contribution in [2.45, 2.75) is 6.42 Å². The minimum Gasteiger partial charge on any atom is -0.481 e. The maximum atomic E-state index is 10.6. The highest BCUT2D eigenvalue weighted by atomic mass is 16.4. The Balaban J connectivity index is 2.55. The summed E-state index contributed by atoms with van der Waals surface area (Å²) in [5.41, 5.74) is 2.42. The number of benzene rings is 1. The second kappa shape index (κ2) is 3.57. The van der Waals surface area contributed by atoms with E-state index in [2.05, 4.69) is 4.98 Å². The zero-order valence-electron chi connectivity index (χ0n) is 7.95. The Labute approximate surface area is 86.1 Å². The minimum absolute atomic E-state index is 0.00144. The van der Waals surface area contributed by atoms with Gasteiger partial charge in [0, 0.05) is 23.3 Å². The molecule has 4 heteroatoms. The van der Waals surface area contributed by atoms with Crippen LogP contribution in [0.25, 0.3) is 10.9 Å². The molecule has 0 unspecified atom stereocenters. The zero-order valence-corrected chi connectivity index (χ0v) is 7.95. The molecule has 1 aromatic carbocycles. The van der Waals surface area contributed by atoms with Crippen molar-refractivity contribution in [2.24, 2.45) is 0 Å². The quantitative estimate of drug-likeness (QED) is 0.663. The van der Waals surface area contributed by atoms with Gasteiger partial charge in [-0.3, -0.25) is 4.79 Å². The van der Waals surface area contributed by atoms with Crippen molar-refractivity contribution < 1.29 is 9.90 Å². The van der Waals surface area contributed by atoms with Gasteiger partial charge in [-0.2, -0.15) is 0 Å². The summed E-state index contributed by atoms with van der Waals surface area (Å²) in [5.74, 6) is -0.851. The smallest absolute Gasteiger partial charge is 0.307 e. The summed E-state index contributed by atoms with van der Waals surface area (Å²) < 4.78 is 0. The fraction of sp³-hybridized carbons (Fsp3) is 0.0909. The van der Waals surface area contributed by atoms with E-state index in [9.17, 15) is 4.79 Å². The number of H-pyrrole nitrogens is 1. The van der Waals surface area contributed by atoms with Crippen molar-refractivity contribution in [1.82, 2.24) is 4.98 Å². The number of carboxylic acid groups (broad SMARTS) is 1. The molecule has 2 aromatic rings. The Morgan fingerprint density at radius 3 is 3.00 bits per heavy atom. The average molecular weight is 202 g/mol. The molecule has 1 heterocycles. The highest BCUT2D eigenvalue weighted by Gasteiger charge is 2.07. The summed E-state index contributed by atoms with van der Waals surface area (Å²) in [6.07, 6.45) is 2.95. The van der Waals surface area contributed by atoms with Gasteiger partial charge < -0.3 is 15.5 Å². The van der Waals surface area contributed by atoms with Crippen molar-refractivity contribution in [3.63, 3.8) is 0 Å². The second-order valence-corrected chi connectivity index (χ2v) is 3.33. The largest absolute Gasteiger partial charge is 0.481 e. The van der Waals surface area contributed by atoms with E-state index in [0.29, 0.717) is 0 Å². The highest BCUT2D eigenvalue weighted by molar-refractivity contribution is 5.91. The van der Waals surface area contributed by atoms with E-state index in [4.69, 9.17) is 10.5 Å². The molecule has 0 aliphatic heterocycles. The van der Waals surface area contributed by atoms with Gasteiger partial charge in [-0.1, -0.05) is 6.07 Å².